The van der Waals surface area contributed by atoms with Gasteiger partial charge in [0.15, 0.2) is 0 Å². The molecule has 12 heteroatoms. The number of aromatic nitrogens is 2. The lowest BCUT2D eigenvalue weighted by atomic mass is 10.0. The second-order valence-electron chi connectivity index (χ2n) is 10.9. The molecule has 224 valence electrons. The van der Waals surface area contributed by atoms with E-state index in [1.165, 1.54) is 47.7 Å². The SMILES string of the molecule is CCC(C)NCCSc1cc(-c2nn(CCCN3CCCCC3)c3c2CN(S(C)(=O)=O)CC3)ccc1C(F)(F)F. The Balaban J connectivity index is 1.62. The number of piperidine rings is 1. The first-order valence-electron chi connectivity index (χ1n) is 14.3. The number of alkyl halides is 3. The maximum absolute atomic E-state index is 13.9. The minimum Gasteiger partial charge on any atom is -0.313 e. The maximum atomic E-state index is 13.9. The van der Waals surface area contributed by atoms with Crippen LogP contribution >= 0.6 is 11.8 Å². The molecule has 3 heterocycles. The van der Waals surface area contributed by atoms with Crippen LogP contribution in [0.3, 0.4) is 0 Å². The van der Waals surface area contributed by atoms with E-state index in [4.69, 9.17) is 5.10 Å². The molecule has 1 aromatic carbocycles. The van der Waals surface area contributed by atoms with Crippen LogP contribution in [-0.4, -0.2) is 78.2 Å². The van der Waals surface area contributed by atoms with E-state index in [2.05, 4.69) is 24.1 Å². The molecule has 1 atom stereocenters. The molecule has 1 fully saturated rings. The van der Waals surface area contributed by atoms with Crippen molar-refractivity contribution in [3.8, 4) is 11.3 Å². The van der Waals surface area contributed by atoms with Gasteiger partial charge in [-0.1, -0.05) is 19.4 Å². The lowest BCUT2D eigenvalue weighted by Gasteiger charge is -2.27. The Hall–Kier alpha value is -1.60. The van der Waals surface area contributed by atoms with Gasteiger partial charge in [0.1, 0.15) is 0 Å². The average molecular weight is 602 g/mol. The smallest absolute Gasteiger partial charge is 0.313 e. The van der Waals surface area contributed by atoms with Crippen LogP contribution in [0.4, 0.5) is 13.2 Å². The first-order chi connectivity index (χ1) is 19.0. The maximum Gasteiger partial charge on any atom is 0.417 e. The van der Waals surface area contributed by atoms with E-state index in [1.54, 1.807) is 6.07 Å². The van der Waals surface area contributed by atoms with Crippen molar-refractivity contribution in [2.75, 3.05) is 44.7 Å². The number of fused-ring (bicyclic) bond motifs is 1. The second kappa shape index (κ2) is 13.6. The fourth-order valence-electron chi connectivity index (χ4n) is 5.43. The highest BCUT2D eigenvalue weighted by Crippen LogP contribution is 2.40. The number of rotatable bonds is 12. The molecular formula is C28H42F3N5O2S2. The molecule has 7 nitrogen and oxygen atoms in total. The topological polar surface area (TPSA) is 70.5 Å². The summed E-state index contributed by atoms with van der Waals surface area (Å²) in [5.74, 6) is 0.502. The fraction of sp³-hybridized carbons (Fsp3) is 0.679. The Kier molecular flexibility index (Phi) is 10.6. The number of benzene rings is 1. The van der Waals surface area contributed by atoms with E-state index in [-0.39, 0.29) is 11.4 Å². The van der Waals surface area contributed by atoms with Crippen LogP contribution in [0, 0.1) is 0 Å². The van der Waals surface area contributed by atoms with Gasteiger partial charge in [-0.05, 0) is 64.4 Å². The number of likely N-dealkylation sites (tertiary alicyclic amines) is 1. The lowest BCUT2D eigenvalue weighted by molar-refractivity contribution is -0.139. The molecule has 2 aliphatic heterocycles. The number of aryl methyl sites for hydroxylation is 1. The predicted octanol–water partition coefficient (Wildman–Crippen LogP) is 5.24. The molecule has 0 radical (unpaired) electrons. The molecule has 1 N–H and O–H groups in total. The van der Waals surface area contributed by atoms with E-state index in [0.717, 1.165) is 49.8 Å². The predicted molar refractivity (Wildman–Crippen MR) is 155 cm³/mol. The zero-order valence-corrected chi connectivity index (χ0v) is 25.4. The zero-order valence-electron chi connectivity index (χ0n) is 23.8. The molecule has 1 aromatic heterocycles. The van der Waals surface area contributed by atoms with Gasteiger partial charge in [-0.2, -0.15) is 22.6 Å². The Morgan fingerprint density at radius 2 is 1.88 bits per heavy atom. The normalized spacial score (nSPS) is 18.1. The second-order valence-corrected chi connectivity index (χ2v) is 14.0. The largest absolute Gasteiger partial charge is 0.417 e. The quantitative estimate of drug-likeness (QED) is 0.265. The molecule has 2 aromatic rings. The van der Waals surface area contributed by atoms with E-state index >= 15 is 0 Å². The van der Waals surface area contributed by atoms with Crippen molar-refractivity contribution in [3.63, 3.8) is 0 Å². The number of nitrogens with one attached hydrogen (secondary N) is 1. The molecule has 0 saturated carbocycles. The molecule has 0 amide bonds. The monoisotopic (exact) mass is 601 g/mol. The highest BCUT2D eigenvalue weighted by molar-refractivity contribution is 7.99. The number of nitrogens with zero attached hydrogens (tertiary/aromatic N) is 4. The highest BCUT2D eigenvalue weighted by Gasteiger charge is 2.35. The van der Waals surface area contributed by atoms with Crippen molar-refractivity contribution in [2.24, 2.45) is 0 Å². The fourth-order valence-corrected chi connectivity index (χ4v) is 7.20. The minimum atomic E-state index is -4.47. The first-order valence-corrected chi connectivity index (χ1v) is 17.1. The highest BCUT2D eigenvalue weighted by atomic mass is 32.2. The Morgan fingerprint density at radius 3 is 2.55 bits per heavy atom. The van der Waals surface area contributed by atoms with Gasteiger partial charge in [-0.3, -0.25) is 4.68 Å². The summed E-state index contributed by atoms with van der Waals surface area (Å²) in [4.78, 5) is 2.64. The molecule has 0 bridgehead atoms. The van der Waals surface area contributed by atoms with Crippen molar-refractivity contribution in [1.82, 2.24) is 24.3 Å². The Labute approximate surface area is 240 Å². The number of halogens is 3. The summed E-state index contributed by atoms with van der Waals surface area (Å²) in [5, 5.41) is 8.23. The van der Waals surface area contributed by atoms with Crippen LogP contribution in [0.15, 0.2) is 23.1 Å². The number of hydrogen-bond acceptors (Lipinski definition) is 6. The zero-order chi connectivity index (χ0) is 28.9. The minimum absolute atomic E-state index is 0.167. The van der Waals surface area contributed by atoms with Gasteiger partial charge in [0.2, 0.25) is 10.0 Å². The molecule has 1 saturated heterocycles. The summed E-state index contributed by atoms with van der Waals surface area (Å²) in [7, 11) is -3.42. The van der Waals surface area contributed by atoms with Crippen LogP contribution in [0.2, 0.25) is 0 Å². The summed E-state index contributed by atoms with van der Waals surface area (Å²) in [6.45, 7) is 9.18. The van der Waals surface area contributed by atoms with Crippen LogP contribution in [0.1, 0.15) is 62.8 Å². The van der Waals surface area contributed by atoms with E-state index in [9.17, 15) is 21.6 Å². The number of thioether (sulfide) groups is 1. The summed E-state index contributed by atoms with van der Waals surface area (Å²) in [6.07, 6.45) is 2.86. The number of hydrogen-bond donors (Lipinski definition) is 1. The summed E-state index contributed by atoms with van der Waals surface area (Å²) < 4.78 is 69.9. The van der Waals surface area contributed by atoms with Crippen molar-refractivity contribution < 1.29 is 21.6 Å². The number of sulfonamides is 1. The molecule has 1 unspecified atom stereocenters. The average Bonchev–Trinajstić information content (AvgIpc) is 3.28. The van der Waals surface area contributed by atoms with Crippen molar-refractivity contribution in [3.05, 3.63) is 35.0 Å². The Morgan fingerprint density at radius 1 is 1.12 bits per heavy atom. The molecule has 2 aliphatic rings. The lowest BCUT2D eigenvalue weighted by Crippen LogP contribution is -2.35. The summed E-state index contributed by atoms with van der Waals surface area (Å²) >= 11 is 1.19. The standard InChI is InChI=1S/C28H42F3N5O2S2/c1-4-21(2)32-12-18-39-26-19-22(9-10-24(26)28(29,30)31)27-23-20-35(40(3,37)38)17-11-25(23)36(33-27)16-8-15-34-13-6-5-7-14-34/h9-10,19,21,32H,4-8,11-18,20H2,1-3H3. The van der Waals surface area contributed by atoms with Gasteiger partial charge in [0, 0.05) is 66.1 Å². The third-order valence-corrected chi connectivity index (χ3v) is 10.2. The van der Waals surface area contributed by atoms with Crippen molar-refractivity contribution in [1.29, 1.82) is 0 Å². The van der Waals surface area contributed by atoms with Gasteiger partial charge in [-0.15, -0.1) is 11.8 Å². The van der Waals surface area contributed by atoms with Crippen molar-refractivity contribution >= 4 is 21.8 Å². The summed E-state index contributed by atoms with van der Waals surface area (Å²) in [5.41, 5.74) is 2.29. The van der Waals surface area contributed by atoms with E-state index < -0.39 is 21.8 Å². The van der Waals surface area contributed by atoms with Gasteiger partial charge in [-0.25, -0.2) is 8.42 Å². The van der Waals surface area contributed by atoms with Gasteiger partial charge < -0.3 is 10.2 Å². The molecule has 0 spiro atoms. The van der Waals surface area contributed by atoms with Crippen LogP contribution < -0.4 is 5.32 Å². The molecule has 40 heavy (non-hydrogen) atoms. The van der Waals surface area contributed by atoms with Gasteiger partial charge >= 0.3 is 6.18 Å². The van der Waals surface area contributed by atoms with Crippen LogP contribution in [0.5, 0.6) is 0 Å². The van der Waals surface area contributed by atoms with E-state index in [1.807, 2.05) is 4.68 Å². The third-order valence-electron chi connectivity index (χ3n) is 7.89. The van der Waals surface area contributed by atoms with Gasteiger partial charge in [0.25, 0.3) is 0 Å². The van der Waals surface area contributed by atoms with Crippen LogP contribution in [-0.2, 0) is 35.7 Å². The summed E-state index contributed by atoms with van der Waals surface area (Å²) in [6, 6.07) is 4.50. The van der Waals surface area contributed by atoms with E-state index in [0.29, 0.717) is 49.1 Å². The third kappa shape index (κ3) is 8.02. The molecular weight excluding hydrogens is 559 g/mol. The first kappa shape index (κ1) is 31.3. The molecule has 4 rings (SSSR count). The van der Waals surface area contributed by atoms with Crippen molar-refractivity contribution in [2.45, 2.75) is 82.6 Å². The van der Waals surface area contributed by atoms with Gasteiger partial charge in [0.05, 0.1) is 17.5 Å². The molecule has 0 aliphatic carbocycles. The van der Waals surface area contributed by atoms with Crippen LogP contribution in [0.25, 0.3) is 11.3 Å². The Bertz CT molecular complexity index is 1240.